The maximum atomic E-state index is 8.52. The summed E-state index contributed by atoms with van der Waals surface area (Å²) in [6.07, 6.45) is 3.64. The van der Waals surface area contributed by atoms with Gasteiger partial charge in [0.2, 0.25) is 0 Å². The van der Waals surface area contributed by atoms with Gasteiger partial charge in [-0.3, -0.25) is 0 Å². The summed E-state index contributed by atoms with van der Waals surface area (Å²) >= 11 is 0. The standard InChI is InChI=1S/C13H18O3/c14-6-7-15-8-9-16-13-5-4-11-2-1-3-12(11)10-13/h4-5,10,14H,1-3,6-9H2. The number of fused-ring (bicyclic) bond motifs is 1. The van der Waals surface area contributed by atoms with Crippen LogP contribution in [0.5, 0.6) is 5.75 Å². The summed E-state index contributed by atoms with van der Waals surface area (Å²) in [7, 11) is 0. The normalized spacial score (nSPS) is 13.8. The second kappa shape index (κ2) is 5.87. The smallest absolute Gasteiger partial charge is 0.119 e. The number of aliphatic hydroxyl groups is 1. The maximum Gasteiger partial charge on any atom is 0.119 e. The molecule has 1 aliphatic rings. The number of hydrogen-bond acceptors (Lipinski definition) is 3. The third-order valence-electron chi connectivity index (χ3n) is 2.80. The van der Waals surface area contributed by atoms with E-state index in [1.807, 2.05) is 6.07 Å². The van der Waals surface area contributed by atoms with Crippen molar-refractivity contribution in [1.82, 2.24) is 0 Å². The Kier molecular flexibility index (Phi) is 4.19. The lowest BCUT2D eigenvalue weighted by atomic mass is 10.1. The van der Waals surface area contributed by atoms with Gasteiger partial charge in [0.05, 0.1) is 19.8 Å². The molecule has 0 amide bonds. The largest absolute Gasteiger partial charge is 0.491 e. The molecule has 0 unspecified atom stereocenters. The predicted molar refractivity (Wildman–Crippen MR) is 61.9 cm³/mol. The number of hydrogen-bond donors (Lipinski definition) is 1. The molecule has 1 aromatic rings. The first kappa shape index (κ1) is 11.4. The fourth-order valence-electron chi connectivity index (χ4n) is 2.02. The second-order valence-corrected chi connectivity index (χ2v) is 3.97. The van der Waals surface area contributed by atoms with E-state index in [-0.39, 0.29) is 6.61 Å². The summed E-state index contributed by atoms with van der Waals surface area (Å²) in [5, 5.41) is 8.52. The molecule has 2 rings (SSSR count). The van der Waals surface area contributed by atoms with Crippen LogP contribution in [-0.2, 0) is 17.6 Å². The van der Waals surface area contributed by atoms with E-state index >= 15 is 0 Å². The first-order valence-corrected chi connectivity index (χ1v) is 5.83. The molecule has 0 bridgehead atoms. The summed E-state index contributed by atoms with van der Waals surface area (Å²) in [4.78, 5) is 0. The van der Waals surface area contributed by atoms with E-state index in [1.54, 1.807) is 0 Å². The lowest BCUT2D eigenvalue weighted by molar-refractivity contribution is 0.0705. The van der Waals surface area contributed by atoms with E-state index in [0.29, 0.717) is 19.8 Å². The van der Waals surface area contributed by atoms with Gasteiger partial charge in [0.1, 0.15) is 12.4 Å². The first-order chi connectivity index (χ1) is 7.90. The molecule has 16 heavy (non-hydrogen) atoms. The molecule has 0 atom stereocenters. The van der Waals surface area contributed by atoms with Gasteiger partial charge in [0.25, 0.3) is 0 Å². The highest BCUT2D eigenvalue weighted by Crippen LogP contribution is 2.25. The van der Waals surface area contributed by atoms with Crippen LogP contribution in [0.4, 0.5) is 0 Å². The predicted octanol–water partition coefficient (Wildman–Crippen LogP) is 1.56. The molecule has 0 saturated carbocycles. The highest BCUT2D eigenvalue weighted by molar-refractivity contribution is 5.38. The van der Waals surface area contributed by atoms with E-state index in [1.165, 1.54) is 30.4 Å². The summed E-state index contributed by atoms with van der Waals surface area (Å²) in [6.45, 7) is 1.52. The van der Waals surface area contributed by atoms with Crippen molar-refractivity contribution in [2.45, 2.75) is 19.3 Å². The van der Waals surface area contributed by atoms with Crippen molar-refractivity contribution in [1.29, 1.82) is 0 Å². The van der Waals surface area contributed by atoms with Crippen LogP contribution in [-0.4, -0.2) is 31.5 Å². The Morgan fingerprint density at radius 1 is 1.06 bits per heavy atom. The molecule has 1 N–H and O–H groups in total. The van der Waals surface area contributed by atoms with Crippen molar-refractivity contribution in [2.24, 2.45) is 0 Å². The fourth-order valence-corrected chi connectivity index (χ4v) is 2.02. The molecule has 3 nitrogen and oxygen atoms in total. The first-order valence-electron chi connectivity index (χ1n) is 5.83. The van der Waals surface area contributed by atoms with Crippen LogP contribution >= 0.6 is 0 Å². The van der Waals surface area contributed by atoms with Crippen LogP contribution in [0.1, 0.15) is 17.5 Å². The topological polar surface area (TPSA) is 38.7 Å². The van der Waals surface area contributed by atoms with Gasteiger partial charge in [0.15, 0.2) is 0 Å². The quantitative estimate of drug-likeness (QED) is 0.742. The average Bonchev–Trinajstić information content (AvgIpc) is 2.76. The number of ether oxygens (including phenoxy) is 2. The molecule has 3 heteroatoms. The van der Waals surface area contributed by atoms with Crippen LogP contribution in [0.25, 0.3) is 0 Å². The van der Waals surface area contributed by atoms with Gasteiger partial charge in [-0.05, 0) is 42.5 Å². The van der Waals surface area contributed by atoms with Crippen LogP contribution in [0.2, 0.25) is 0 Å². The van der Waals surface area contributed by atoms with Crippen LogP contribution in [0, 0.1) is 0 Å². The molecule has 1 aromatic carbocycles. The van der Waals surface area contributed by atoms with E-state index in [9.17, 15) is 0 Å². The summed E-state index contributed by atoms with van der Waals surface area (Å²) in [5.41, 5.74) is 2.89. The molecular weight excluding hydrogens is 204 g/mol. The minimum absolute atomic E-state index is 0.0683. The monoisotopic (exact) mass is 222 g/mol. The Bertz CT molecular complexity index is 336. The zero-order valence-electron chi connectivity index (χ0n) is 9.45. The lowest BCUT2D eigenvalue weighted by Crippen LogP contribution is -2.09. The van der Waals surface area contributed by atoms with Gasteiger partial charge < -0.3 is 14.6 Å². The molecule has 0 aliphatic heterocycles. The molecule has 0 spiro atoms. The van der Waals surface area contributed by atoms with Crippen molar-refractivity contribution in [3.8, 4) is 5.75 Å². The average molecular weight is 222 g/mol. The minimum Gasteiger partial charge on any atom is -0.491 e. The van der Waals surface area contributed by atoms with Crippen molar-refractivity contribution in [2.75, 3.05) is 26.4 Å². The van der Waals surface area contributed by atoms with Gasteiger partial charge in [0, 0.05) is 0 Å². The van der Waals surface area contributed by atoms with Gasteiger partial charge in [-0.15, -0.1) is 0 Å². The Balaban J connectivity index is 1.77. The summed E-state index contributed by atoms with van der Waals surface area (Å²) in [5.74, 6) is 0.924. The summed E-state index contributed by atoms with van der Waals surface area (Å²) < 4.78 is 10.7. The van der Waals surface area contributed by atoms with E-state index in [0.717, 1.165) is 5.75 Å². The molecule has 0 aromatic heterocycles. The molecule has 0 fully saturated rings. The minimum atomic E-state index is 0.0683. The number of aliphatic hydroxyl groups excluding tert-OH is 1. The van der Waals surface area contributed by atoms with Gasteiger partial charge in [-0.25, -0.2) is 0 Å². The molecule has 1 aliphatic carbocycles. The van der Waals surface area contributed by atoms with Gasteiger partial charge in [-0.1, -0.05) is 6.07 Å². The van der Waals surface area contributed by atoms with Crippen LogP contribution in [0.3, 0.4) is 0 Å². The maximum absolute atomic E-state index is 8.52. The van der Waals surface area contributed by atoms with Crippen LogP contribution in [0.15, 0.2) is 18.2 Å². The van der Waals surface area contributed by atoms with Crippen molar-refractivity contribution < 1.29 is 14.6 Å². The van der Waals surface area contributed by atoms with Crippen LogP contribution < -0.4 is 4.74 Å². The fraction of sp³-hybridized carbons (Fsp3) is 0.538. The van der Waals surface area contributed by atoms with Crippen molar-refractivity contribution in [3.63, 3.8) is 0 Å². The van der Waals surface area contributed by atoms with E-state index < -0.39 is 0 Å². The highest BCUT2D eigenvalue weighted by atomic mass is 16.5. The number of aryl methyl sites for hydroxylation is 2. The zero-order valence-corrected chi connectivity index (χ0v) is 9.45. The lowest BCUT2D eigenvalue weighted by Gasteiger charge is -2.08. The molecule has 88 valence electrons. The van der Waals surface area contributed by atoms with Crippen molar-refractivity contribution >= 4 is 0 Å². The molecule has 0 heterocycles. The molecular formula is C13H18O3. The summed E-state index contributed by atoms with van der Waals surface area (Å²) in [6, 6.07) is 6.32. The molecule has 0 radical (unpaired) electrons. The van der Waals surface area contributed by atoms with Gasteiger partial charge in [-0.2, -0.15) is 0 Å². The Labute approximate surface area is 96.0 Å². The Morgan fingerprint density at radius 3 is 2.81 bits per heavy atom. The highest BCUT2D eigenvalue weighted by Gasteiger charge is 2.10. The molecule has 0 saturated heterocycles. The van der Waals surface area contributed by atoms with Gasteiger partial charge >= 0.3 is 0 Å². The van der Waals surface area contributed by atoms with Crippen molar-refractivity contribution in [3.05, 3.63) is 29.3 Å². The second-order valence-electron chi connectivity index (χ2n) is 3.97. The van der Waals surface area contributed by atoms with E-state index in [4.69, 9.17) is 14.6 Å². The number of benzene rings is 1. The third-order valence-corrected chi connectivity index (χ3v) is 2.80. The zero-order chi connectivity index (χ0) is 11.2. The SMILES string of the molecule is OCCOCCOc1ccc2c(c1)CCC2. The third kappa shape index (κ3) is 2.97. The van der Waals surface area contributed by atoms with E-state index in [2.05, 4.69) is 12.1 Å². The number of rotatable bonds is 6. The Morgan fingerprint density at radius 2 is 1.94 bits per heavy atom. The Hall–Kier alpha value is -1.06.